The lowest BCUT2D eigenvalue weighted by Crippen LogP contribution is -2.15. The summed E-state index contributed by atoms with van der Waals surface area (Å²) in [7, 11) is -4.05. The number of hydrogen-bond donors (Lipinski definition) is 0. The van der Waals surface area contributed by atoms with Crippen LogP contribution in [-0.2, 0) is 9.84 Å². The highest BCUT2D eigenvalue weighted by Crippen LogP contribution is 2.35. The largest absolute Gasteiger partial charge is 0.437 e. The summed E-state index contributed by atoms with van der Waals surface area (Å²) in [4.78, 5) is 8.96. The fourth-order valence-corrected chi connectivity index (χ4v) is 4.36. The maximum absolute atomic E-state index is 13.3. The van der Waals surface area contributed by atoms with Crippen LogP contribution in [0.4, 0.5) is 0 Å². The van der Waals surface area contributed by atoms with Crippen LogP contribution in [0.3, 0.4) is 0 Å². The lowest BCUT2D eigenvalue weighted by molar-refractivity contribution is 0.455. The van der Waals surface area contributed by atoms with E-state index in [2.05, 4.69) is 9.97 Å². The van der Waals surface area contributed by atoms with Crippen molar-refractivity contribution in [2.45, 2.75) is 17.1 Å². The Kier molecular flexibility index (Phi) is 5.17. The molecule has 1 aromatic heterocycles. The molecule has 0 saturated carbocycles. The first-order valence-corrected chi connectivity index (χ1v) is 10.7. The molecule has 0 N–H and O–H groups in total. The molecule has 0 fully saturated rings. The van der Waals surface area contributed by atoms with Gasteiger partial charge in [0.25, 0.3) is 0 Å². The monoisotopic (exact) mass is 415 g/mol. The van der Waals surface area contributed by atoms with E-state index >= 15 is 0 Å². The van der Waals surface area contributed by atoms with E-state index in [4.69, 9.17) is 4.74 Å². The zero-order valence-corrected chi connectivity index (χ0v) is 16.9. The lowest BCUT2D eigenvalue weighted by Gasteiger charge is -2.15. The van der Waals surface area contributed by atoms with E-state index in [1.54, 1.807) is 60.7 Å². The van der Waals surface area contributed by atoms with E-state index in [9.17, 15) is 13.7 Å². The summed E-state index contributed by atoms with van der Waals surface area (Å²) in [6.07, 6.45) is 0. The average molecular weight is 415 g/mol. The predicted octanol–water partition coefficient (Wildman–Crippen LogP) is 4.77. The fourth-order valence-electron chi connectivity index (χ4n) is 2.99. The Labute approximate surface area is 174 Å². The quantitative estimate of drug-likeness (QED) is 0.466. The lowest BCUT2D eigenvalue weighted by atomic mass is 10.2. The molecule has 0 aliphatic heterocycles. The first-order valence-electron chi connectivity index (χ1n) is 9.19. The van der Waals surface area contributed by atoms with Gasteiger partial charge in [-0.15, -0.1) is 0 Å². The van der Waals surface area contributed by atoms with Crippen molar-refractivity contribution in [3.05, 3.63) is 90.1 Å². The molecule has 0 aliphatic rings. The Bertz CT molecular complexity index is 1350. The molecule has 0 aliphatic carbocycles. The van der Waals surface area contributed by atoms with Gasteiger partial charge in [0.2, 0.25) is 15.7 Å². The molecule has 0 saturated heterocycles. The summed E-state index contributed by atoms with van der Waals surface area (Å²) in [5.74, 6) is 0.454. The minimum atomic E-state index is -4.05. The van der Waals surface area contributed by atoms with E-state index < -0.39 is 15.1 Å². The maximum Gasteiger partial charge on any atom is 0.244 e. The normalized spacial score (nSPS) is 12.3. The third-order valence-electron chi connectivity index (χ3n) is 4.55. The number of nitriles is 1. The van der Waals surface area contributed by atoms with Crippen molar-refractivity contribution in [3.8, 4) is 17.7 Å². The molecule has 4 aromatic rings. The van der Waals surface area contributed by atoms with E-state index in [0.29, 0.717) is 16.8 Å². The number of ether oxygens (including phenoxy) is 1. The van der Waals surface area contributed by atoms with Crippen molar-refractivity contribution >= 4 is 20.9 Å². The average Bonchev–Trinajstić information content (AvgIpc) is 2.75. The zero-order valence-electron chi connectivity index (χ0n) is 16.1. The van der Waals surface area contributed by atoms with Crippen molar-refractivity contribution in [2.24, 2.45) is 0 Å². The topological polar surface area (TPSA) is 92.9 Å². The second-order valence-electron chi connectivity index (χ2n) is 6.69. The standard InChI is InChI=1S/C23H17N3O3S/c1-16-11-13-18(14-12-16)30(27,28)21(15-24)22-23(29-17-7-3-2-4-8-17)26-20-10-6-5-9-19(20)25-22/h2-14,21H,1H3/t21-/m1/s1. The van der Waals surface area contributed by atoms with Crippen LogP contribution in [0.25, 0.3) is 11.0 Å². The van der Waals surface area contributed by atoms with Gasteiger partial charge in [0.15, 0.2) is 5.25 Å². The van der Waals surface area contributed by atoms with Crippen molar-refractivity contribution < 1.29 is 13.2 Å². The third kappa shape index (κ3) is 3.73. The molecule has 0 radical (unpaired) electrons. The summed E-state index contributed by atoms with van der Waals surface area (Å²) in [6, 6.07) is 24.1. The van der Waals surface area contributed by atoms with Crippen LogP contribution in [0.2, 0.25) is 0 Å². The first-order chi connectivity index (χ1) is 14.5. The summed E-state index contributed by atoms with van der Waals surface area (Å²) in [5, 5.41) is 8.27. The smallest absolute Gasteiger partial charge is 0.244 e. The van der Waals surface area contributed by atoms with Gasteiger partial charge < -0.3 is 4.74 Å². The SMILES string of the molecule is Cc1ccc(S(=O)(=O)[C@H](C#N)c2nc3ccccc3nc2Oc2ccccc2)cc1. The van der Waals surface area contributed by atoms with Gasteiger partial charge in [-0.25, -0.2) is 18.4 Å². The Morgan fingerprint density at radius 2 is 1.47 bits per heavy atom. The van der Waals surface area contributed by atoms with Gasteiger partial charge in [-0.3, -0.25) is 0 Å². The molecule has 0 amide bonds. The van der Waals surface area contributed by atoms with Gasteiger partial charge >= 0.3 is 0 Å². The molecule has 7 heteroatoms. The van der Waals surface area contributed by atoms with E-state index in [1.807, 2.05) is 19.1 Å². The van der Waals surface area contributed by atoms with Gasteiger partial charge in [-0.1, -0.05) is 48.0 Å². The Hall–Kier alpha value is -3.76. The van der Waals surface area contributed by atoms with E-state index in [-0.39, 0.29) is 16.5 Å². The highest BCUT2D eigenvalue weighted by molar-refractivity contribution is 7.92. The van der Waals surface area contributed by atoms with Crippen LogP contribution in [0, 0.1) is 18.3 Å². The van der Waals surface area contributed by atoms with Crippen molar-refractivity contribution in [1.82, 2.24) is 9.97 Å². The number of para-hydroxylation sites is 3. The van der Waals surface area contributed by atoms with Crippen molar-refractivity contribution in [3.63, 3.8) is 0 Å². The highest BCUT2D eigenvalue weighted by atomic mass is 32.2. The third-order valence-corrected chi connectivity index (χ3v) is 6.43. The summed E-state index contributed by atoms with van der Waals surface area (Å²) in [5.41, 5.74) is 1.89. The molecular weight excluding hydrogens is 398 g/mol. The van der Waals surface area contributed by atoms with E-state index in [0.717, 1.165) is 5.56 Å². The molecule has 0 bridgehead atoms. The van der Waals surface area contributed by atoms with Crippen LogP contribution >= 0.6 is 0 Å². The molecule has 148 valence electrons. The number of hydrogen-bond acceptors (Lipinski definition) is 6. The van der Waals surface area contributed by atoms with Gasteiger partial charge in [0.05, 0.1) is 22.0 Å². The minimum Gasteiger partial charge on any atom is -0.437 e. The van der Waals surface area contributed by atoms with Gasteiger partial charge in [0.1, 0.15) is 11.4 Å². The number of benzene rings is 3. The van der Waals surface area contributed by atoms with Gasteiger partial charge in [-0.2, -0.15) is 5.26 Å². The number of aromatic nitrogens is 2. The molecule has 0 spiro atoms. The molecule has 30 heavy (non-hydrogen) atoms. The van der Waals surface area contributed by atoms with Crippen LogP contribution < -0.4 is 4.74 Å². The second-order valence-corrected chi connectivity index (χ2v) is 8.72. The molecule has 1 atom stereocenters. The van der Waals surface area contributed by atoms with Crippen LogP contribution in [0.1, 0.15) is 16.5 Å². The number of nitrogens with zero attached hydrogens (tertiary/aromatic N) is 3. The van der Waals surface area contributed by atoms with Crippen LogP contribution in [0.15, 0.2) is 83.8 Å². The molecular formula is C23H17N3O3S. The maximum atomic E-state index is 13.3. The Morgan fingerprint density at radius 3 is 2.10 bits per heavy atom. The predicted molar refractivity (Wildman–Crippen MR) is 113 cm³/mol. The Morgan fingerprint density at radius 1 is 0.867 bits per heavy atom. The second kappa shape index (κ2) is 7.93. The van der Waals surface area contributed by atoms with Crippen LogP contribution in [-0.4, -0.2) is 18.4 Å². The van der Waals surface area contributed by atoms with Crippen LogP contribution in [0.5, 0.6) is 11.6 Å². The number of fused-ring (bicyclic) bond motifs is 1. The number of sulfone groups is 1. The van der Waals surface area contributed by atoms with Crippen molar-refractivity contribution in [2.75, 3.05) is 0 Å². The number of aryl methyl sites for hydroxylation is 1. The Balaban J connectivity index is 1.89. The summed E-state index contributed by atoms with van der Waals surface area (Å²) >= 11 is 0. The molecule has 0 unspecified atom stereocenters. The summed E-state index contributed by atoms with van der Waals surface area (Å²) in [6.45, 7) is 1.86. The molecule has 4 rings (SSSR count). The zero-order chi connectivity index (χ0) is 21.1. The molecule has 3 aromatic carbocycles. The molecule has 1 heterocycles. The van der Waals surface area contributed by atoms with E-state index in [1.165, 1.54) is 12.1 Å². The number of rotatable bonds is 5. The highest BCUT2D eigenvalue weighted by Gasteiger charge is 2.34. The summed E-state index contributed by atoms with van der Waals surface area (Å²) < 4.78 is 32.4. The minimum absolute atomic E-state index is 0.0119. The first kappa shape index (κ1) is 19.6. The molecule has 6 nitrogen and oxygen atoms in total. The fraction of sp³-hybridized carbons (Fsp3) is 0.0870. The van der Waals surface area contributed by atoms with Gasteiger partial charge in [-0.05, 0) is 43.3 Å². The van der Waals surface area contributed by atoms with Gasteiger partial charge in [0, 0.05) is 0 Å². The van der Waals surface area contributed by atoms with Crippen molar-refractivity contribution in [1.29, 1.82) is 5.26 Å².